The first-order valence-electron chi connectivity index (χ1n) is 13.4. The van der Waals surface area contributed by atoms with Crippen LogP contribution in [0.25, 0.3) is 34.1 Å². The third-order valence-electron chi connectivity index (χ3n) is 7.25. The predicted octanol–water partition coefficient (Wildman–Crippen LogP) is 7.02. The summed E-state index contributed by atoms with van der Waals surface area (Å²) in [5.41, 5.74) is 6.63. The molecule has 0 spiro atoms. The van der Waals surface area contributed by atoms with Crippen molar-refractivity contribution in [3.05, 3.63) is 147 Å². The lowest BCUT2D eigenvalue weighted by Gasteiger charge is -2.29. The van der Waals surface area contributed by atoms with Crippen molar-refractivity contribution in [1.29, 1.82) is 0 Å². The molecule has 0 radical (unpaired) electrons. The fourth-order valence-electron chi connectivity index (χ4n) is 5.46. The number of benzene rings is 1. The standard InChI is InChI=1S/C33H28N6O/c1-2-27(40)26-13-24-39(25-26)33-31(37-20-9-10-21-37)29(35-16-5-6-17-35)28(34-14-3-4-15-34)30(36-18-7-8-19-36)32(33)38-22-11-12-23-38/h3-25H,2H2,1H3. The third-order valence-corrected chi connectivity index (χ3v) is 7.25. The zero-order valence-corrected chi connectivity index (χ0v) is 22.1. The Morgan fingerprint density at radius 3 is 1.00 bits per heavy atom. The summed E-state index contributed by atoms with van der Waals surface area (Å²) in [5, 5.41) is 0. The molecule has 0 aliphatic heterocycles. The molecule has 0 unspecified atom stereocenters. The number of hydrogen-bond donors (Lipinski definition) is 0. The summed E-state index contributed by atoms with van der Waals surface area (Å²) in [5.74, 6) is 0.115. The first-order chi connectivity index (χ1) is 19.7. The molecule has 7 aromatic rings. The highest BCUT2D eigenvalue weighted by Crippen LogP contribution is 2.43. The lowest BCUT2D eigenvalue weighted by molar-refractivity contribution is 0.0988. The molecule has 7 heteroatoms. The Morgan fingerprint density at radius 1 is 0.450 bits per heavy atom. The molecule has 0 saturated heterocycles. The van der Waals surface area contributed by atoms with Crippen LogP contribution in [0.15, 0.2) is 141 Å². The maximum Gasteiger partial charge on any atom is 0.164 e. The van der Waals surface area contributed by atoms with Crippen LogP contribution in [0, 0.1) is 0 Å². The van der Waals surface area contributed by atoms with Gasteiger partial charge >= 0.3 is 0 Å². The first kappa shape index (κ1) is 23.7. The summed E-state index contributed by atoms with van der Waals surface area (Å²) >= 11 is 0. The normalized spacial score (nSPS) is 11.3. The summed E-state index contributed by atoms with van der Waals surface area (Å²) in [4.78, 5) is 12.8. The maximum atomic E-state index is 12.8. The highest BCUT2D eigenvalue weighted by Gasteiger charge is 2.29. The molecule has 0 aliphatic carbocycles. The van der Waals surface area contributed by atoms with Crippen LogP contribution in [-0.4, -0.2) is 33.2 Å². The molecule has 40 heavy (non-hydrogen) atoms. The molecule has 0 aliphatic rings. The number of hydrogen-bond acceptors (Lipinski definition) is 1. The van der Waals surface area contributed by atoms with Crippen LogP contribution in [-0.2, 0) is 0 Å². The Kier molecular flexibility index (Phi) is 5.74. The van der Waals surface area contributed by atoms with Crippen molar-refractivity contribution < 1.29 is 4.79 Å². The van der Waals surface area contributed by atoms with E-state index in [2.05, 4.69) is 89.4 Å². The van der Waals surface area contributed by atoms with Crippen molar-refractivity contribution in [3.63, 3.8) is 0 Å². The Balaban J connectivity index is 1.75. The lowest BCUT2D eigenvalue weighted by atomic mass is 10.1. The van der Waals surface area contributed by atoms with Gasteiger partial charge in [0.15, 0.2) is 5.78 Å². The van der Waals surface area contributed by atoms with Gasteiger partial charge in [-0.05, 0) is 66.7 Å². The molecule has 0 N–H and O–H groups in total. The second-order valence-corrected chi connectivity index (χ2v) is 9.63. The van der Waals surface area contributed by atoms with Crippen LogP contribution in [0.2, 0.25) is 0 Å². The van der Waals surface area contributed by atoms with Gasteiger partial charge in [-0.3, -0.25) is 4.79 Å². The number of ketones is 1. The zero-order chi connectivity index (χ0) is 27.1. The zero-order valence-electron chi connectivity index (χ0n) is 22.1. The van der Waals surface area contributed by atoms with Crippen molar-refractivity contribution >= 4 is 5.78 Å². The number of nitrogens with zero attached hydrogens (tertiary/aromatic N) is 6. The van der Waals surface area contributed by atoms with Crippen LogP contribution in [0.3, 0.4) is 0 Å². The van der Waals surface area contributed by atoms with Crippen LogP contribution in [0.4, 0.5) is 0 Å². The molecule has 7 rings (SSSR count). The van der Waals surface area contributed by atoms with Crippen molar-refractivity contribution in [2.75, 3.05) is 0 Å². The number of carbonyl (C=O) groups is 1. The molecule has 0 bridgehead atoms. The average Bonchev–Trinajstić information content (AvgIpc) is 3.82. The minimum Gasteiger partial charge on any atom is -0.320 e. The second-order valence-electron chi connectivity index (χ2n) is 9.63. The van der Waals surface area contributed by atoms with Crippen LogP contribution >= 0.6 is 0 Å². The average molecular weight is 525 g/mol. The molecule has 0 fully saturated rings. The van der Waals surface area contributed by atoms with Crippen molar-refractivity contribution in [2.45, 2.75) is 13.3 Å². The lowest BCUT2D eigenvalue weighted by Crippen LogP contribution is -2.18. The molecule has 6 aromatic heterocycles. The smallest absolute Gasteiger partial charge is 0.164 e. The van der Waals surface area contributed by atoms with E-state index in [1.807, 2.05) is 86.0 Å². The topological polar surface area (TPSA) is 46.6 Å². The van der Waals surface area contributed by atoms with Crippen molar-refractivity contribution in [2.24, 2.45) is 0 Å². The number of aromatic nitrogens is 6. The van der Waals surface area contributed by atoms with E-state index in [-0.39, 0.29) is 5.78 Å². The summed E-state index contributed by atoms with van der Waals surface area (Å²) in [6.45, 7) is 1.90. The highest BCUT2D eigenvalue weighted by atomic mass is 16.1. The molecule has 0 atom stereocenters. The van der Waals surface area contributed by atoms with E-state index >= 15 is 0 Å². The molecule has 196 valence electrons. The molecule has 0 saturated carbocycles. The fraction of sp³-hybridized carbons (Fsp3) is 0.0606. The van der Waals surface area contributed by atoms with E-state index < -0.39 is 0 Å². The minimum absolute atomic E-state index is 0.115. The quantitative estimate of drug-likeness (QED) is 0.197. The van der Waals surface area contributed by atoms with E-state index in [0.717, 1.165) is 34.1 Å². The summed E-state index contributed by atoms with van der Waals surface area (Å²) in [7, 11) is 0. The molecule has 0 amide bonds. The number of carbonyl (C=O) groups excluding carboxylic acids is 1. The Labute approximate surface area is 232 Å². The number of Topliss-reactive ketones (excluding diaryl/α,β-unsaturated/α-hetero) is 1. The van der Waals surface area contributed by atoms with Gasteiger partial charge in [-0.2, -0.15) is 0 Å². The first-order valence-corrected chi connectivity index (χ1v) is 13.4. The van der Waals surface area contributed by atoms with E-state index in [1.54, 1.807) is 0 Å². The van der Waals surface area contributed by atoms with E-state index in [0.29, 0.717) is 12.0 Å². The van der Waals surface area contributed by atoms with Gasteiger partial charge in [-0.1, -0.05) is 6.92 Å². The fourth-order valence-corrected chi connectivity index (χ4v) is 5.46. The second kappa shape index (κ2) is 9.71. The van der Waals surface area contributed by atoms with Gasteiger partial charge in [0.25, 0.3) is 0 Å². The minimum atomic E-state index is 0.115. The van der Waals surface area contributed by atoms with Gasteiger partial charge in [0.2, 0.25) is 0 Å². The highest BCUT2D eigenvalue weighted by molar-refractivity contribution is 5.96. The Morgan fingerprint density at radius 2 is 0.725 bits per heavy atom. The summed E-state index contributed by atoms with van der Waals surface area (Å²) < 4.78 is 12.9. The van der Waals surface area contributed by atoms with Gasteiger partial charge in [-0.15, -0.1) is 0 Å². The predicted molar refractivity (Wildman–Crippen MR) is 157 cm³/mol. The monoisotopic (exact) mass is 524 g/mol. The Hall–Kier alpha value is -5.43. The SMILES string of the molecule is CCC(=O)c1ccn(-c2c(-n3cccc3)c(-n3cccc3)c(-n3cccc3)c(-n3cccc3)c2-n2cccc2)c1. The number of rotatable bonds is 8. The van der Waals surface area contributed by atoms with Crippen LogP contribution < -0.4 is 0 Å². The maximum absolute atomic E-state index is 12.8. The van der Waals surface area contributed by atoms with Crippen LogP contribution in [0.1, 0.15) is 23.7 Å². The molecular weight excluding hydrogens is 496 g/mol. The molecule has 7 nitrogen and oxygen atoms in total. The van der Waals surface area contributed by atoms with Crippen LogP contribution in [0.5, 0.6) is 0 Å². The molecule has 6 heterocycles. The van der Waals surface area contributed by atoms with Gasteiger partial charge in [-0.25, -0.2) is 0 Å². The molecular formula is C33H28N6O. The van der Waals surface area contributed by atoms with E-state index in [9.17, 15) is 4.79 Å². The van der Waals surface area contributed by atoms with Gasteiger partial charge in [0, 0.05) is 86.3 Å². The van der Waals surface area contributed by atoms with Crippen molar-refractivity contribution in [1.82, 2.24) is 27.4 Å². The van der Waals surface area contributed by atoms with Gasteiger partial charge in [0.1, 0.15) is 0 Å². The largest absolute Gasteiger partial charge is 0.320 e. The van der Waals surface area contributed by atoms with Gasteiger partial charge in [0.05, 0.1) is 34.1 Å². The summed E-state index contributed by atoms with van der Waals surface area (Å²) in [6.07, 6.45) is 25.2. The Bertz CT molecular complexity index is 1770. The van der Waals surface area contributed by atoms with E-state index in [4.69, 9.17) is 0 Å². The van der Waals surface area contributed by atoms with Crippen molar-refractivity contribution in [3.8, 4) is 34.1 Å². The summed E-state index contributed by atoms with van der Waals surface area (Å²) in [6, 6.07) is 22.3. The van der Waals surface area contributed by atoms with Gasteiger partial charge < -0.3 is 27.4 Å². The molecule has 1 aromatic carbocycles. The van der Waals surface area contributed by atoms with E-state index in [1.165, 1.54) is 0 Å². The third kappa shape index (κ3) is 3.79.